The quantitative estimate of drug-likeness (QED) is 0.514. The van der Waals surface area contributed by atoms with Gasteiger partial charge < -0.3 is 15.2 Å². The monoisotopic (exact) mass is 413 g/mol. The van der Waals surface area contributed by atoms with Crippen molar-refractivity contribution in [2.24, 2.45) is 5.92 Å². The molecule has 0 saturated carbocycles. The van der Waals surface area contributed by atoms with Gasteiger partial charge in [0.2, 0.25) is 5.91 Å². The van der Waals surface area contributed by atoms with E-state index in [9.17, 15) is 9.90 Å². The van der Waals surface area contributed by atoms with Gasteiger partial charge in [0.15, 0.2) is 0 Å². The van der Waals surface area contributed by atoms with Gasteiger partial charge in [-0.05, 0) is 56.2 Å². The molecule has 3 rings (SSSR count). The zero-order valence-corrected chi connectivity index (χ0v) is 19.6. The smallest absolute Gasteiger partial charge is 0.220 e. The molecular weight excluding hydrogens is 374 g/mol. The van der Waals surface area contributed by atoms with Crippen LogP contribution in [-0.2, 0) is 10.2 Å². The predicted molar refractivity (Wildman–Crippen MR) is 122 cm³/mol. The number of unbranched alkanes of at least 4 members (excludes halogenated alkanes) is 3. The first-order valence-corrected chi connectivity index (χ1v) is 11.6. The lowest BCUT2D eigenvalue weighted by Gasteiger charge is -2.47. The summed E-state index contributed by atoms with van der Waals surface area (Å²) < 4.78 is 6.49. The Hall–Kier alpha value is -1.97. The van der Waals surface area contributed by atoms with E-state index < -0.39 is 0 Å². The van der Waals surface area contributed by atoms with E-state index in [2.05, 4.69) is 52.1 Å². The van der Waals surface area contributed by atoms with Crippen molar-refractivity contribution in [3.8, 4) is 11.5 Å². The average molecular weight is 414 g/mol. The molecule has 2 atom stereocenters. The molecule has 2 aliphatic rings. The summed E-state index contributed by atoms with van der Waals surface area (Å²) in [6.45, 7) is 12.6. The van der Waals surface area contributed by atoms with Crippen molar-refractivity contribution in [3.05, 3.63) is 35.0 Å². The highest BCUT2D eigenvalue weighted by Gasteiger charge is 2.46. The van der Waals surface area contributed by atoms with Crippen LogP contribution >= 0.6 is 0 Å². The van der Waals surface area contributed by atoms with Crippen molar-refractivity contribution in [3.63, 3.8) is 0 Å². The molecule has 0 radical (unpaired) electrons. The number of amides is 1. The lowest BCUT2D eigenvalue weighted by molar-refractivity contribution is -0.118. The number of ether oxygens (including phenoxy) is 1. The number of hydrogen-bond acceptors (Lipinski definition) is 3. The van der Waals surface area contributed by atoms with Crippen LogP contribution in [0.1, 0.15) is 104 Å². The summed E-state index contributed by atoms with van der Waals surface area (Å²) in [7, 11) is 0. The molecular formula is C26H39NO3. The number of carbonyl (C=O) groups excluding carboxylic acids is 1. The van der Waals surface area contributed by atoms with Crippen molar-refractivity contribution in [1.82, 2.24) is 5.32 Å². The van der Waals surface area contributed by atoms with Crippen LogP contribution in [-0.4, -0.2) is 16.6 Å². The normalized spacial score (nSPS) is 22.4. The number of hydrogen-bond donors (Lipinski definition) is 2. The third kappa shape index (κ3) is 4.68. The van der Waals surface area contributed by atoms with Crippen molar-refractivity contribution < 1.29 is 14.6 Å². The first kappa shape index (κ1) is 22.7. The molecule has 1 aromatic rings. The Morgan fingerprint density at radius 3 is 2.67 bits per heavy atom. The molecule has 1 aliphatic carbocycles. The third-order valence-corrected chi connectivity index (χ3v) is 7.07. The first-order valence-electron chi connectivity index (χ1n) is 11.6. The second-order valence-electron chi connectivity index (χ2n) is 10.4. The van der Waals surface area contributed by atoms with Gasteiger partial charge >= 0.3 is 0 Å². The van der Waals surface area contributed by atoms with Crippen LogP contribution in [0.25, 0.3) is 0 Å². The summed E-state index contributed by atoms with van der Waals surface area (Å²) in [5.41, 5.74) is 2.65. The van der Waals surface area contributed by atoms with Gasteiger partial charge in [0.1, 0.15) is 17.1 Å². The second kappa shape index (κ2) is 8.64. The summed E-state index contributed by atoms with van der Waals surface area (Å²) in [6.07, 6.45) is 9.72. The largest absolute Gasteiger partial charge is 0.508 e. The molecule has 1 heterocycles. The minimum absolute atomic E-state index is 0.0155. The average Bonchev–Trinajstić information content (AvgIpc) is 2.63. The number of benzene rings is 1. The fourth-order valence-corrected chi connectivity index (χ4v) is 5.25. The molecule has 2 unspecified atom stereocenters. The van der Waals surface area contributed by atoms with Gasteiger partial charge in [-0.1, -0.05) is 52.5 Å². The standard InChI is InChI=1S/C26H39NO3/c1-7-8-9-10-13-25(3,4)18-14-22(29)24-20-16-19(27-17(2)28)11-12-21(20)26(5,6)30-23(24)15-18/h11,14-15,20-21,29H,7-10,12-13,16H2,1-6H3,(H,27,28). The molecule has 0 bridgehead atoms. The molecule has 0 spiro atoms. The van der Waals surface area contributed by atoms with Gasteiger partial charge in [-0.2, -0.15) is 0 Å². The minimum atomic E-state index is -0.327. The molecule has 1 aromatic carbocycles. The van der Waals surface area contributed by atoms with Gasteiger partial charge in [-0.15, -0.1) is 0 Å². The van der Waals surface area contributed by atoms with Crippen LogP contribution in [0.2, 0.25) is 0 Å². The Kier molecular flexibility index (Phi) is 6.54. The van der Waals surface area contributed by atoms with Gasteiger partial charge in [-0.3, -0.25) is 4.79 Å². The van der Waals surface area contributed by atoms with Crippen molar-refractivity contribution >= 4 is 5.91 Å². The van der Waals surface area contributed by atoms with E-state index in [0.29, 0.717) is 5.75 Å². The Morgan fingerprint density at radius 1 is 1.27 bits per heavy atom. The van der Waals surface area contributed by atoms with Crippen molar-refractivity contribution in [1.29, 1.82) is 0 Å². The molecule has 0 aromatic heterocycles. The van der Waals surface area contributed by atoms with Gasteiger partial charge in [0.25, 0.3) is 0 Å². The Morgan fingerprint density at radius 2 is 2.00 bits per heavy atom. The minimum Gasteiger partial charge on any atom is -0.508 e. The van der Waals surface area contributed by atoms with Gasteiger partial charge in [0, 0.05) is 30.0 Å². The van der Waals surface area contributed by atoms with E-state index in [0.717, 1.165) is 41.8 Å². The molecule has 2 N–H and O–H groups in total. The number of allylic oxidation sites excluding steroid dienone is 2. The van der Waals surface area contributed by atoms with Gasteiger partial charge in [0.05, 0.1) is 0 Å². The summed E-state index contributed by atoms with van der Waals surface area (Å²) in [5, 5.41) is 14.1. The Labute approximate surface area is 182 Å². The highest BCUT2D eigenvalue weighted by molar-refractivity contribution is 5.75. The van der Waals surface area contributed by atoms with E-state index in [1.807, 2.05) is 6.07 Å². The summed E-state index contributed by atoms with van der Waals surface area (Å²) in [5.74, 6) is 1.50. The summed E-state index contributed by atoms with van der Waals surface area (Å²) in [6, 6.07) is 4.11. The van der Waals surface area contributed by atoms with Crippen LogP contribution < -0.4 is 10.1 Å². The highest BCUT2D eigenvalue weighted by Crippen LogP contribution is 2.54. The van der Waals surface area contributed by atoms with E-state index in [-0.39, 0.29) is 28.8 Å². The number of rotatable bonds is 7. The number of fused-ring (bicyclic) bond motifs is 3. The number of phenols is 1. The molecule has 0 saturated heterocycles. The molecule has 166 valence electrons. The Bertz CT molecular complexity index is 822. The summed E-state index contributed by atoms with van der Waals surface area (Å²) in [4.78, 5) is 11.6. The fraction of sp³-hybridized carbons (Fsp3) is 0.654. The number of phenolic OH excluding ortho intramolecular Hbond substituents is 1. The molecule has 4 nitrogen and oxygen atoms in total. The number of carbonyl (C=O) groups is 1. The maximum atomic E-state index is 11.6. The lowest BCUT2D eigenvalue weighted by atomic mass is 9.67. The van der Waals surface area contributed by atoms with Crippen LogP contribution in [0.5, 0.6) is 11.5 Å². The second-order valence-corrected chi connectivity index (χ2v) is 10.4. The summed E-state index contributed by atoms with van der Waals surface area (Å²) >= 11 is 0. The van der Waals surface area contributed by atoms with E-state index in [4.69, 9.17) is 4.74 Å². The topological polar surface area (TPSA) is 58.6 Å². The Balaban J connectivity index is 1.92. The zero-order chi connectivity index (χ0) is 22.1. The first-order chi connectivity index (χ1) is 14.0. The number of nitrogens with one attached hydrogen (secondary N) is 1. The van der Waals surface area contributed by atoms with Gasteiger partial charge in [-0.25, -0.2) is 0 Å². The van der Waals surface area contributed by atoms with Crippen LogP contribution in [0.3, 0.4) is 0 Å². The van der Waals surface area contributed by atoms with Crippen LogP contribution in [0, 0.1) is 5.92 Å². The fourth-order valence-electron chi connectivity index (χ4n) is 5.25. The van der Waals surface area contributed by atoms with Crippen molar-refractivity contribution in [2.45, 2.75) is 103 Å². The lowest BCUT2D eigenvalue weighted by Crippen LogP contribution is -2.46. The molecule has 1 amide bonds. The molecule has 0 fully saturated rings. The third-order valence-electron chi connectivity index (χ3n) is 7.07. The van der Waals surface area contributed by atoms with Crippen molar-refractivity contribution in [2.75, 3.05) is 0 Å². The van der Waals surface area contributed by atoms with E-state index >= 15 is 0 Å². The maximum absolute atomic E-state index is 11.6. The van der Waals surface area contributed by atoms with E-state index in [1.165, 1.54) is 25.7 Å². The van der Waals surface area contributed by atoms with Crippen LogP contribution in [0.15, 0.2) is 23.9 Å². The van der Waals surface area contributed by atoms with E-state index in [1.54, 1.807) is 6.92 Å². The van der Waals surface area contributed by atoms with Crippen LogP contribution in [0.4, 0.5) is 0 Å². The molecule has 4 heteroatoms. The predicted octanol–water partition coefficient (Wildman–Crippen LogP) is 6.32. The maximum Gasteiger partial charge on any atom is 0.220 e. The molecule has 30 heavy (non-hydrogen) atoms. The highest BCUT2D eigenvalue weighted by atomic mass is 16.5. The molecule has 1 aliphatic heterocycles. The SMILES string of the molecule is CCCCCCC(C)(C)c1cc(O)c2c(c1)OC(C)(C)C1CC=C(NC(C)=O)CC21. The zero-order valence-electron chi connectivity index (χ0n) is 19.6. The number of aromatic hydroxyl groups is 1.